The van der Waals surface area contributed by atoms with Crippen LogP contribution >= 0.6 is 12.2 Å². The van der Waals surface area contributed by atoms with Crippen LogP contribution in [0, 0.1) is 0 Å². The first-order chi connectivity index (χ1) is 9.65. The topological polar surface area (TPSA) is 58.3 Å². The zero-order chi connectivity index (χ0) is 14.1. The van der Waals surface area contributed by atoms with Crippen molar-refractivity contribution >= 4 is 23.2 Å². The lowest BCUT2D eigenvalue weighted by Crippen LogP contribution is -2.59. The highest BCUT2D eigenvalue weighted by molar-refractivity contribution is 7.80. The van der Waals surface area contributed by atoms with Gasteiger partial charge in [-0.2, -0.15) is 0 Å². The summed E-state index contributed by atoms with van der Waals surface area (Å²) in [7, 11) is 0. The molecule has 108 valence electrons. The van der Waals surface area contributed by atoms with Crippen molar-refractivity contribution in [1.82, 2.24) is 14.9 Å². The minimum Gasteiger partial charge on any atom is -0.388 e. The molecule has 0 aromatic carbocycles. The maximum absolute atomic E-state index is 5.67. The molecule has 2 fully saturated rings. The molecule has 0 bridgehead atoms. The Labute approximate surface area is 125 Å². The van der Waals surface area contributed by atoms with Crippen LogP contribution in [0.4, 0.5) is 5.95 Å². The maximum atomic E-state index is 5.67. The molecule has 6 heteroatoms. The molecule has 2 aliphatic heterocycles. The first-order valence-electron chi connectivity index (χ1n) is 7.28. The molecule has 5 nitrogen and oxygen atoms in total. The van der Waals surface area contributed by atoms with Gasteiger partial charge in [0.2, 0.25) is 5.95 Å². The van der Waals surface area contributed by atoms with E-state index in [0.717, 1.165) is 19.0 Å². The van der Waals surface area contributed by atoms with E-state index in [2.05, 4.69) is 26.7 Å². The predicted molar refractivity (Wildman–Crippen MR) is 83.9 cm³/mol. The molecule has 0 spiro atoms. The number of thiocarbonyl (C=S) groups is 1. The first kappa shape index (κ1) is 13.7. The van der Waals surface area contributed by atoms with Crippen LogP contribution in [0.3, 0.4) is 0 Å². The quantitative estimate of drug-likeness (QED) is 0.826. The van der Waals surface area contributed by atoms with E-state index in [1.165, 1.54) is 25.8 Å². The van der Waals surface area contributed by atoms with Gasteiger partial charge in [-0.1, -0.05) is 18.6 Å². The fraction of sp³-hybridized carbons (Fsp3) is 0.643. The number of piperidine rings is 1. The summed E-state index contributed by atoms with van der Waals surface area (Å²) in [5.74, 6) is 0.757. The van der Waals surface area contributed by atoms with Crippen molar-refractivity contribution in [3.63, 3.8) is 0 Å². The standard InChI is InChI=1S/C14H21N5S/c1-10-8-18-7-3-2-4-11(18)9-19(10)14-16-6-5-12(17-14)13(15)20/h5-6,10-11H,2-4,7-9H2,1H3,(H2,15,20). The summed E-state index contributed by atoms with van der Waals surface area (Å²) in [5, 5.41) is 0. The number of aromatic nitrogens is 2. The second kappa shape index (κ2) is 5.61. The third-order valence-electron chi connectivity index (χ3n) is 4.34. The number of hydrogen-bond donors (Lipinski definition) is 1. The molecule has 3 rings (SSSR count). The Balaban J connectivity index is 1.82. The third kappa shape index (κ3) is 2.62. The fourth-order valence-corrected chi connectivity index (χ4v) is 3.37. The lowest BCUT2D eigenvalue weighted by molar-refractivity contribution is 0.115. The highest BCUT2D eigenvalue weighted by atomic mass is 32.1. The van der Waals surface area contributed by atoms with Gasteiger partial charge in [-0.05, 0) is 32.4 Å². The van der Waals surface area contributed by atoms with Gasteiger partial charge in [-0.25, -0.2) is 9.97 Å². The molecule has 3 heterocycles. The van der Waals surface area contributed by atoms with Crippen LogP contribution in [0.15, 0.2) is 12.3 Å². The highest BCUT2D eigenvalue weighted by Crippen LogP contribution is 2.26. The molecule has 2 N–H and O–H groups in total. The molecule has 20 heavy (non-hydrogen) atoms. The van der Waals surface area contributed by atoms with Crippen molar-refractivity contribution in [3.8, 4) is 0 Å². The molecular weight excluding hydrogens is 270 g/mol. The van der Waals surface area contributed by atoms with E-state index in [4.69, 9.17) is 18.0 Å². The van der Waals surface area contributed by atoms with Gasteiger partial charge in [-0.3, -0.25) is 4.90 Å². The van der Waals surface area contributed by atoms with Crippen LogP contribution in [0.5, 0.6) is 0 Å². The molecule has 0 aliphatic carbocycles. The zero-order valence-electron chi connectivity index (χ0n) is 11.8. The van der Waals surface area contributed by atoms with Gasteiger partial charge >= 0.3 is 0 Å². The minimum atomic E-state index is 0.331. The number of nitrogens with zero attached hydrogens (tertiary/aromatic N) is 4. The molecule has 0 amide bonds. The van der Waals surface area contributed by atoms with Gasteiger partial charge in [0.15, 0.2) is 0 Å². The van der Waals surface area contributed by atoms with Gasteiger partial charge < -0.3 is 10.6 Å². The lowest BCUT2D eigenvalue weighted by atomic mass is 9.97. The van der Waals surface area contributed by atoms with Crippen LogP contribution in [-0.4, -0.2) is 51.6 Å². The number of rotatable bonds is 2. The lowest BCUT2D eigenvalue weighted by Gasteiger charge is -2.47. The smallest absolute Gasteiger partial charge is 0.226 e. The van der Waals surface area contributed by atoms with Crippen molar-refractivity contribution in [1.29, 1.82) is 0 Å². The van der Waals surface area contributed by atoms with Crippen molar-refractivity contribution in [2.75, 3.05) is 24.5 Å². The molecular formula is C14H21N5S. The Morgan fingerprint density at radius 1 is 1.40 bits per heavy atom. The molecule has 2 aliphatic rings. The molecule has 2 atom stereocenters. The number of fused-ring (bicyclic) bond motifs is 1. The fourth-order valence-electron chi connectivity index (χ4n) is 3.25. The molecule has 0 radical (unpaired) electrons. The number of piperazine rings is 1. The van der Waals surface area contributed by atoms with Crippen molar-refractivity contribution in [2.45, 2.75) is 38.3 Å². The van der Waals surface area contributed by atoms with Gasteiger partial charge in [0.25, 0.3) is 0 Å². The Bertz CT molecular complexity index is 506. The van der Waals surface area contributed by atoms with E-state index in [9.17, 15) is 0 Å². The van der Waals surface area contributed by atoms with E-state index in [1.807, 2.05) is 0 Å². The Hall–Kier alpha value is -1.27. The summed E-state index contributed by atoms with van der Waals surface area (Å²) in [6, 6.07) is 2.83. The van der Waals surface area contributed by atoms with Crippen molar-refractivity contribution in [2.24, 2.45) is 5.73 Å². The third-order valence-corrected chi connectivity index (χ3v) is 4.55. The van der Waals surface area contributed by atoms with Gasteiger partial charge in [0.1, 0.15) is 10.7 Å². The number of anilines is 1. The van der Waals surface area contributed by atoms with Crippen LogP contribution in [0.25, 0.3) is 0 Å². The van der Waals surface area contributed by atoms with Crippen molar-refractivity contribution in [3.05, 3.63) is 18.0 Å². The van der Waals surface area contributed by atoms with E-state index >= 15 is 0 Å². The Morgan fingerprint density at radius 3 is 3.05 bits per heavy atom. The van der Waals surface area contributed by atoms with Crippen LogP contribution < -0.4 is 10.6 Å². The van der Waals surface area contributed by atoms with Gasteiger partial charge in [0, 0.05) is 31.4 Å². The van der Waals surface area contributed by atoms with E-state index < -0.39 is 0 Å². The second-order valence-electron chi connectivity index (χ2n) is 5.75. The van der Waals surface area contributed by atoms with Gasteiger partial charge in [0.05, 0.1) is 0 Å². The molecule has 1 aromatic rings. The van der Waals surface area contributed by atoms with E-state index in [-0.39, 0.29) is 0 Å². The predicted octanol–water partition coefficient (Wildman–Crippen LogP) is 1.17. The van der Waals surface area contributed by atoms with Crippen molar-refractivity contribution < 1.29 is 0 Å². The first-order valence-corrected chi connectivity index (χ1v) is 7.69. The average Bonchev–Trinajstić information content (AvgIpc) is 2.46. The second-order valence-corrected chi connectivity index (χ2v) is 6.19. The van der Waals surface area contributed by atoms with E-state index in [0.29, 0.717) is 22.8 Å². The number of hydrogen-bond acceptors (Lipinski definition) is 5. The van der Waals surface area contributed by atoms with Crippen LogP contribution in [0.2, 0.25) is 0 Å². The summed E-state index contributed by atoms with van der Waals surface area (Å²) in [6.45, 7) is 5.56. The summed E-state index contributed by atoms with van der Waals surface area (Å²) in [4.78, 5) is 14.2. The average molecular weight is 291 g/mol. The molecule has 0 saturated carbocycles. The summed E-state index contributed by atoms with van der Waals surface area (Å²) < 4.78 is 0. The normalized spacial score (nSPS) is 27.1. The largest absolute Gasteiger partial charge is 0.388 e. The minimum absolute atomic E-state index is 0.331. The van der Waals surface area contributed by atoms with Gasteiger partial charge in [-0.15, -0.1) is 0 Å². The summed E-state index contributed by atoms with van der Waals surface area (Å²) in [6.07, 6.45) is 5.68. The molecule has 2 unspecified atom stereocenters. The number of nitrogens with two attached hydrogens (primary N) is 1. The Morgan fingerprint density at radius 2 is 2.25 bits per heavy atom. The van der Waals surface area contributed by atoms with E-state index in [1.54, 1.807) is 12.3 Å². The molecule has 2 saturated heterocycles. The maximum Gasteiger partial charge on any atom is 0.226 e. The highest BCUT2D eigenvalue weighted by Gasteiger charge is 2.34. The monoisotopic (exact) mass is 291 g/mol. The summed E-state index contributed by atoms with van der Waals surface area (Å²) >= 11 is 5.01. The Kier molecular flexibility index (Phi) is 3.85. The van der Waals surface area contributed by atoms with Crippen LogP contribution in [0.1, 0.15) is 31.9 Å². The molecule has 1 aromatic heterocycles. The SMILES string of the molecule is CC1CN2CCCCC2CN1c1nccc(C(N)=S)n1. The zero-order valence-corrected chi connectivity index (χ0v) is 12.6. The summed E-state index contributed by atoms with van der Waals surface area (Å²) in [5.41, 5.74) is 6.32. The van der Waals surface area contributed by atoms with Crippen LogP contribution in [-0.2, 0) is 0 Å².